The Morgan fingerprint density at radius 3 is 2.43 bits per heavy atom. The van der Waals surface area contributed by atoms with Crippen molar-refractivity contribution >= 4 is 27.6 Å². The first kappa shape index (κ1) is 20.7. The lowest BCUT2D eigenvalue weighted by Gasteiger charge is -2.21. The molecule has 2 heterocycles. The van der Waals surface area contributed by atoms with Gasteiger partial charge in [0.2, 0.25) is 0 Å². The van der Waals surface area contributed by atoms with E-state index in [4.69, 9.17) is 4.74 Å². The molecule has 158 valence electrons. The monoisotopic (exact) mass is 425 g/mol. The second-order valence-electron chi connectivity index (χ2n) is 8.90. The lowest BCUT2D eigenvalue weighted by atomic mass is 9.80. The lowest BCUT2D eigenvalue weighted by molar-refractivity contribution is -0.126. The van der Waals surface area contributed by atoms with E-state index in [9.17, 15) is 9.00 Å². The van der Waals surface area contributed by atoms with Crippen LogP contribution in [0.25, 0.3) is 11.0 Å². The van der Waals surface area contributed by atoms with Crippen LogP contribution in [0.4, 0.5) is 0 Å². The third kappa shape index (κ3) is 3.16. The number of carbonyl (C=O) groups is 1. The Labute approximate surface area is 178 Å². The quantitative estimate of drug-likeness (QED) is 0.665. The number of carbonyl (C=O) groups excluding carboxylic acids is 1. The van der Waals surface area contributed by atoms with Crippen molar-refractivity contribution in [2.45, 2.75) is 63.3 Å². The maximum atomic E-state index is 13.0. The second kappa shape index (κ2) is 7.01. The highest BCUT2D eigenvalue weighted by Crippen LogP contribution is 2.47. The molecule has 0 fully saturated rings. The van der Waals surface area contributed by atoms with Gasteiger partial charge in [0.25, 0.3) is 0 Å². The second-order valence-corrected chi connectivity index (χ2v) is 10.3. The Morgan fingerprint density at radius 1 is 1.10 bits per heavy atom. The maximum absolute atomic E-state index is 13.0. The maximum Gasteiger partial charge on any atom is 0.197 e. The van der Waals surface area contributed by atoms with Crippen molar-refractivity contribution in [1.82, 2.24) is 15.0 Å². The summed E-state index contributed by atoms with van der Waals surface area (Å²) < 4.78 is 18.6. The van der Waals surface area contributed by atoms with Crippen molar-refractivity contribution in [3.05, 3.63) is 46.8 Å². The third-order valence-corrected chi connectivity index (χ3v) is 7.17. The first-order valence-corrected chi connectivity index (χ1v) is 11.4. The number of rotatable bonds is 5. The molecule has 1 N–H and O–H groups in total. The minimum Gasteiger partial charge on any atom is -0.493 e. The van der Waals surface area contributed by atoms with E-state index in [1.807, 2.05) is 59.7 Å². The molecule has 0 radical (unpaired) electrons. The molecule has 0 saturated carbocycles. The summed E-state index contributed by atoms with van der Waals surface area (Å²) in [5.74, 6) is 1.21. The number of Topliss-reactive ketones (excluding diaryl/α,β-unsaturated/α-hetero) is 1. The highest BCUT2D eigenvalue weighted by Gasteiger charge is 2.50. The smallest absolute Gasteiger partial charge is 0.197 e. The van der Waals surface area contributed by atoms with Crippen molar-refractivity contribution < 1.29 is 13.7 Å². The lowest BCUT2D eigenvalue weighted by Crippen LogP contribution is -2.33. The molecule has 1 aliphatic rings. The first-order valence-electron chi connectivity index (χ1n) is 10.1. The Balaban J connectivity index is 1.68. The number of fused-ring (bicyclic) bond motifs is 2. The molecule has 0 spiro atoms. The van der Waals surface area contributed by atoms with Gasteiger partial charge in [-0.1, -0.05) is 0 Å². The summed E-state index contributed by atoms with van der Waals surface area (Å²) in [5.41, 5.74) is 4.04. The van der Waals surface area contributed by atoms with Gasteiger partial charge in [-0.15, -0.1) is 0 Å². The van der Waals surface area contributed by atoms with Crippen LogP contribution in [0.2, 0.25) is 0 Å². The van der Waals surface area contributed by atoms with E-state index in [0.29, 0.717) is 17.5 Å². The largest absolute Gasteiger partial charge is 0.493 e. The molecular weight excluding hydrogens is 398 g/mol. The number of nitrogens with zero attached hydrogens (tertiary/aromatic N) is 2. The van der Waals surface area contributed by atoms with Crippen LogP contribution in [-0.2, 0) is 32.2 Å². The van der Waals surface area contributed by atoms with Gasteiger partial charge in [0.05, 0.1) is 39.9 Å². The molecule has 0 saturated heterocycles. The molecule has 3 aromatic rings. The van der Waals surface area contributed by atoms with E-state index < -0.39 is 21.6 Å². The minimum absolute atomic E-state index is 0.206. The van der Waals surface area contributed by atoms with E-state index in [2.05, 4.69) is 15.0 Å². The van der Waals surface area contributed by atoms with Crippen LogP contribution in [0, 0.1) is 6.92 Å². The van der Waals surface area contributed by atoms with Crippen LogP contribution in [0.1, 0.15) is 57.0 Å². The highest BCUT2D eigenvalue weighted by atomic mass is 32.2. The van der Waals surface area contributed by atoms with Crippen molar-refractivity contribution in [3.63, 3.8) is 0 Å². The Morgan fingerprint density at radius 2 is 1.77 bits per heavy atom. The summed E-state index contributed by atoms with van der Waals surface area (Å²) in [7, 11) is -1.38. The molecule has 7 heteroatoms. The average Bonchev–Trinajstić information content (AvgIpc) is 3.17. The molecule has 6 nitrogen and oxygen atoms in total. The SMILES string of the molecule is CCOc1cc(CS(=O)c2nc3cc4c(cc3[nH]2)C(C)(C)C(=O)C4(C)C)ncc1C. The van der Waals surface area contributed by atoms with E-state index >= 15 is 0 Å². The zero-order valence-corrected chi connectivity index (χ0v) is 19.1. The molecule has 1 unspecified atom stereocenters. The number of ether oxygens (including phenoxy) is 1. The number of hydrogen-bond donors (Lipinski definition) is 1. The number of nitrogens with one attached hydrogen (secondary N) is 1. The summed E-state index contributed by atoms with van der Waals surface area (Å²) in [6.45, 7) is 12.3. The van der Waals surface area contributed by atoms with Crippen LogP contribution in [-0.4, -0.2) is 31.6 Å². The molecule has 1 atom stereocenters. The van der Waals surface area contributed by atoms with Gasteiger partial charge in [0.15, 0.2) is 10.9 Å². The molecule has 0 aliphatic heterocycles. The number of imidazole rings is 1. The van der Waals surface area contributed by atoms with Crippen molar-refractivity contribution in [3.8, 4) is 5.75 Å². The standard InChI is InChI=1S/C23H27N3O3S/c1-7-29-19-8-14(24-11-13(19)2)12-30(28)21-25-17-9-15-16(10-18(17)26-21)23(5,6)20(27)22(15,3)4/h8-11H,7,12H2,1-6H3,(H,25,26). The van der Waals surface area contributed by atoms with Gasteiger partial charge in [-0.25, -0.2) is 4.98 Å². The van der Waals surface area contributed by atoms with E-state index in [1.165, 1.54) is 0 Å². The van der Waals surface area contributed by atoms with Crippen LogP contribution in [0.15, 0.2) is 29.6 Å². The van der Waals surface area contributed by atoms with Crippen molar-refractivity contribution in [2.75, 3.05) is 6.61 Å². The van der Waals surface area contributed by atoms with Crippen LogP contribution < -0.4 is 4.74 Å². The summed E-state index contributed by atoms with van der Waals surface area (Å²) in [5, 5.41) is 0.413. The minimum atomic E-state index is -1.38. The molecule has 0 amide bonds. The van der Waals surface area contributed by atoms with Crippen molar-refractivity contribution in [1.29, 1.82) is 0 Å². The van der Waals surface area contributed by atoms with Crippen molar-refractivity contribution in [2.24, 2.45) is 0 Å². The van der Waals surface area contributed by atoms with Gasteiger partial charge in [-0.2, -0.15) is 0 Å². The van der Waals surface area contributed by atoms with Crippen LogP contribution in [0.5, 0.6) is 5.75 Å². The predicted molar refractivity (Wildman–Crippen MR) is 117 cm³/mol. The van der Waals surface area contributed by atoms with Crippen LogP contribution in [0.3, 0.4) is 0 Å². The van der Waals surface area contributed by atoms with Gasteiger partial charge >= 0.3 is 0 Å². The Bertz CT molecular complexity index is 1140. The number of benzene rings is 1. The van der Waals surface area contributed by atoms with Gasteiger partial charge < -0.3 is 9.72 Å². The number of H-pyrrole nitrogens is 1. The summed E-state index contributed by atoms with van der Waals surface area (Å²) in [6.07, 6.45) is 1.74. The molecule has 0 bridgehead atoms. The Hall–Kier alpha value is -2.54. The topological polar surface area (TPSA) is 84.9 Å². The zero-order chi connectivity index (χ0) is 21.8. The van der Waals surface area contributed by atoms with E-state index in [-0.39, 0.29) is 11.5 Å². The molecule has 1 aromatic carbocycles. The number of aromatic amines is 1. The number of aryl methyl sites for hydroxylation is 1. The van der Waals surface area contributed by atoms with E-state index in [1.54, 1.807) is 6.20 Å². The number of pyridine rings is 1. The average molecular weight is 426 g/mol. The van der Waals surface area contributed by atoms with Gasteiger partial charge in [-0.3, -0.25) is 14.0 Å². The van der Waals surface area contributed by atoms with E-state index in [0.717, 1.165) is 33.5 Å². The molecule has 2 aromatic heterocycles. The fraction of sp³-hybridized carbons (Fsp3) is 0.435. The van der Waals surface area contributed by atoms with Crippen LogP contribution >= 0.6 is 0 Å². The zero-order valence-electron chi connectivity index (χ0n) is 18.3. The number of hydrogen-bond acceptors (Lipinski definition) is 5. The van der Waals surface area contributed by atoms with Gasteiger partial charge in [0, 0.05) is 28.7 Å². The highest BCUT2D eigenvalue weighted by molar-refractivity contribution is 7.84. The molecule has 4 rings (SSSR count). The number of aromatic nitrogens is 3. The fourth-order valence-electron chi connectivity index (χ4n) is 4.34. The predicted octanol–water partition coefficient (Wildman–Crippen LogP) is 4.11. The normalized spacial score (nSPS) is 17.9. The fourth-order valence-corrected chi connectivity index (χ4v) is 5.33. The Kier molecular flexibility index (Phi) is 4.84. The summed E-state index contributed by atoms with van der Waals surface area (Å²) in [4.78, 5) is 25.0. The summed E-state index contributed by atoms with van der Waals surface area (Å²) in [6, 6.07) is 5.79. The first-order chi connectivity index (χ1) is 14.1. The van der Waals surface area contributed by atoms with Gasteiger partial charge in [-0.05, 0) is 64.8 Å². The molecular formula is C23H27N3O3S. The molecule has 1 aliphatic carbocycles. The third-order valence-electron chi connectivity index (χ3n) is 5.99. The summed E-state index contributed by atoms with van der Waals surface area (Å²) >= 11 is 0. The number of ketones is 1. The molecule has 30 heavy (non-hydrogen) atoms. The van der Waals surface area contributed by atoms with Gasteiger partial charge in [0.1, 0.15) is 5.75 Å².